The molecule has 0 aliphatic heterocycles. The normalized spacial score (nSPS) is 11.0. The molecule has 2 aromatic rings. The van der Waals surface area contributed by atoms with Gasteiger partial charge < -0.3 is 9.25 Å². The second-order valence-electron chi connectivity index (χ2n) is 3.02. The molecular formula is C10H10FNO2. The maximum atomic E-state index is 13.4. The van der Waals surface area contributed by atoms with Crippen LogP contribution in [0.3, 0.4) is 0 Å². The molecule has 74 valence electrons. The van der Waals surface area contributed by atoms with Crippen LogP contribution in [0.4, 0.5) is 4.39 Å². The molecule has 0 amide bonds. The number of hydrogen-bond donors (Lipinski definition) is 1. The van der Waals surface area contributed by atoms with Gasteiger partial charge in [0.15, 0.2) is 0 Å². The fraction of sp³-hybridized carbons (Fsp3) is 0.200. The molecule has 3 nitrogen and oxygen atoms in total. The van der Waals surface area contributed by atoms with Gasteiger partial charge in [-0.05, 0) is 17.7 Å². The van der Waals surface area contributed by atoms with E-state index in [0.29, 0.717) is 24.2 Å². The van der Waals surface area contributed by atoms with Crippen molar-refractivity contribution in [1.82, 2.24) is 0 Å². The van der Waals surface area contributed by atoms with E-state index in [2.05, 4.69) is 4.84 Å². The van der Waals surface area contributed by atoms with Crippen molar-refractivity contribution in [2.45, 2.75) is 6.42 Å². The second kappa shape index (κ2) is 3.77. The monoisotopic (exact) mass is 195 g/mol. The van der Waals surface area contributed by atoms with Gasteiger partial charge in [0.1, 0.15) is 11.4 Å². The zero-order chi connectivity index (χ0) is 9.97. The molecule has 4 heteroatoms. The Morgan fingerprint density at radius 3 is 3.07 bits per heavy atom. The fourth-order valence-electron chi connectivity index (χ4n) is 1.39. The van der Waals surface area contributed by atoms with Crippen molar-refractivity contribution >= 4 is 11.0 Å². The van der Waals surface area contributed by atoms with E-state index >= 15 is 0 Å². The Morgan fingerprint density at radius 2 is 2.29 bits per heavy atom. The van der Waals surface area contributed by atoms with Gasteiger partial charge in [0.05, 0.1) is 12.9 Å². The highest BCUT2D eigenvalue weighted by molar-refractivity contribution is 5.77. The molecule has 1 heterocycles. The van der Waals surface area contributed by atoms with Gasteiger partial charge >= 0.3 is 0 Å². The maximum Gasteiger partial charge on any atom is 0.136 e. The molecule has 0 aliphatic carbocycles. The Hall–Kier alpha value is -1.39. The minimum absolute atomic E-state index is 0.287. The maximum absolute atomic E-state index is 13.4. The van der Waals surface area contributed by atoms with Crippen LogP contribution in [0, 0.1) is 5.82 Å². The topological polar surface area (TPSA) is 48.4 Å². The Morgan fingerprint density at radius 1 is 1.43 bits per heavy atom. The third-order valence-corrected chi connectivity index (χ3v) is 2.11. The molecule has 2 N–H and O–H groups in total. The van der Waals surface area contributed by atoms with Crippen molar-refractivity contribution in [1.29, 1.82) is 0 Å². The lowest BCUT2D eigenvalue weighted by Crippen LogP contribution is -2.04. The van der Waals surface area contributed by atoms with Crippen molar-refractivity contribution in [2.75, 3.05) is 6.61 Å². The van der Waals surface area contributed by atoms with Gasteiger partial charge in [-0.1, -0.05) is 0 Å². The molecule has 2 rings (SSSR count). The third-order valence-electron chi connectivity index (χ3n) is 2.11. The van der Waals surface area contributed by atoms with Crippen molar-refractivity contribution in [3.63, 3.8) is 0 Å². The van der Waals surface area contributed by atoms with Gasteiger partial charge in [0.25, 0.3) is 0 Å². The highest BCUT2D eigenvalue weighted by Crippen LogP contribution is 2.20. The van der Waals surface area contributed by atoms with E-state index in [9.17, 15) is 4.39 Å². The summed E-state index contributed by atoms with van der Waals surface area (Å²) in [5.41, 5.74) is 1.14. The molecule has 1 aromatic heterocycles. The zero-order valence-electron chi connectivity index (χ0n) is 7.50. The summed E-state index contributed by atoms with van der Waals surface area (Å²) >= 11 is 0. The first kappa shape index (κ1) is 9.18. The highest BCUT2D eigenvalue weighted by Gasteiger charge is 2.06. The van der Waals surface area contributed by atoms with Gasteiger partial charge in [0.2, 0.25) is 0 Å². The van der Waals surface area contributed by atoms with E-state index in [1.165, 1.54) is 12.3 Å². The second-order valence-corrected chi connectivity index (χ2v) is 3.02. The van der Waals surface area contributed by atoms with Crippen LogP contribution in [0.1, 0.15) is 5.56 Å². The van der Waals surface area contributed by atoms with Crippen LogP contribution in [0.2, 0.25) is 0 Å². The summed E-state index contributed by atoms with van der Waals surface area (Å²) in [6, 6.07) is 4.91. The van der Waals surface area contributed by atoms with Gasteiger partial charge in [-0.2, -0.15) is 0 Å². The van der Waals surface area contributed by atoms with Crippen LogP contribution < -0.4 is 5.90 Å². The zero-order valence-corrected chi connectivity index (χ0v) is 7.50. The van der Waals surface area contributed by atoms with E-state index < -0.39 is 0 Å². The molecule has 0 saturated carbocycles. The lowest BCUT2D eigenvalue weighted by Gasteiger charge is -2.01. The van der Waals surface area contributed by atoms with Crippen LogP contribution in [-0.4, -0.2) is 6.61 Å². The first-order valence-electron chi connectivity index (χ1n) is 4.28. The summed E-state index contributed by atoms with van der Waals surface area (Å²) in [6.45, 7) is 0.306. The predicted octanol–water partition coefficient (Wildman–Crippen LogP) is 2.00. The molecule has 0 unspecified atom stereocenters. The number of rotatable bonds is 3. The number of fused-ring (bicyclic) bond motifs is 1. The number of furan rings is 1. The molecule has 0 spiro atoms. The van der Waals surface area contributed by atoms with E-state index in [1.807, 2.05) is 0 Å². The average molecular weight is 195 g/mol. The summed E-state index contributed by atoms with van der Waals surface area (Å²) in [5, 5.41) is 0.887. The van der Waals surface area contributed by atoms with E-state index in [0.717, 1.165) is 5.39 Å². The average Bonchev–Trinajstić information content (AvgIpc) is 2.61. The molecule has 0 atom stereocenters. The van der Waals surface area contributed by atoms with E-state index in [4.69, 9.17) is 10.3 Å². The smallest absolute Gasteiger partial charge is 0.136 e. The standard InChI is InChI=1S/C10H10FNO2/c11-9-6-10-8(1-3-13-10)5-7(9)2-4-14-12/h1,3,5-6H,2,4,12H2. The van der Waals surface area contributed by atoms with Crippen LogP contribution >= 0.6 is 0 Å². The molecule has 0 aliphatic rings. The van der Waals surface area contributed by atoms with Crippen molar-refractivity contribution in [3.8, 4) is 0 Å². The van der Waals surface area contributed by atoms with Crippen LogP contribution in [0.5, 0.6) is 0 Å². The fourth-order valence-corrected chi connectivity index (χ4v) is 1.39. The van der Waals surface area contributed by atoms with Crippen LogP contribution in [0.25, 0.3) is 11.0 Å². The quantitative estimate of drug-likeness (QED) is 0.762. The molecule has 0 fully saturated rings. The Bertz CT molecular complexity index is 439. The first-order chi connectivity index (χ1) is 6.81. The molecular weight excluding hydrogens is 185 g/mol. The lowest BCUT2D eigenvalue weighted by molar-refractivity contribution is 0.140. The Labute approximate surface area is 80.2 Å². The Kier molecular flexibility index (Phi) is 2.47. The molecule has 0 radical (unpaired) electrons. The largest absolute Gasteiger partial charge is 0.464 e. The van der Waals surface area contributed by atoms with Crippen LogP contribution in [-0.2, 0) is 11.3 Å². The van der Waals surface area contributed by atoms with Gasteiger partial charge in [-0.15, -0.1) is 0 Å². The SMILES string of the molecule is NOCCc1cc2ccoc2cc1F. The molecule has 0 saturated heterocycles. The predicted molar refractivity (Wildman–Crippen MR) is 50.0 cm³/mol. The number of halogens is 1. The lowest BCUT2D eigenvalue weighted by atomic mass is 10.1. The van der Waals surface area contributed by atoms with Crippen molar-refractivity contribution in [3.05, 3.63) is 35.8 Å². The molecule has 14 heavy (non-hydrogen) atoms. The van der Waals surface area contributed by atoms with E-state index in [1.54, 1.807) is 12.1 Å². The minimum atomic E-state index is -0.287. The van der Waals surface area contributed by atoms with Gasteiger partial charge in [0, 0.05) is 17.9 Å². The van der Waals surface area contributed by atoms with Crippen LogP contribution in [0.15, 0.2) is 28.9 Å². The number of nitrogens with two attached hydrogens (primary N) is 1. The highest BCUT2D eigenvalue weighted by atomic mass is 19.1. The van der Waals surface area contributed by atoms with Crippen molar-refractivity contribution < 1.29 is 13.6 Å². The Balaban J connectivity index is 2.38. The summed E-state index contributed by atoms with van der Waals surface area (Å²) < 4.78 is 18.4. The van der Waals surface area contributed by atoms with Gasteiger partial charge in [-0.25, -0.2) is 10.3 Å². The molecule has 0 bridgehead atoms. The van der Waals surface area contributed by atoms with Crippen molar-refractivity contribution in [2.24, 2.45) is 5.90 Å². The summed E-state index contributed by atoms with van der Waals surface area (Å²) in [5.74, 6) is 4.59. The van der Waals surface area contributed by atoms with Gasteiger partial charge in [-0.3, -0.25) is 0 Å². The third kappa shape index (κ3) is 1.62. The first-order valence-corrected chi connectivity index (χ1v) is 4.28. The number of hydrogen-bond acceptors (Lipinski definition) is 3. The summed E-state index contributed by atoms with van der Waals surface area (Å²) in [7, 11) is 0. The molecule has 1 aromatic carbocycles. The van der Waals surface area contributed by atoms with E-state index in [-0.39, 0.29) is 5.82 Å². The number of benzene rings is 1. The minimum Gasteiger partial charge on any atom is -0.464 e. The summed E-state index contributed by atoms with van der Waals surface area (Å²) in [6.07, 6.45) is 2.00. The summed E-state index contributed by atoms with van der Waals surface area (Å²) in [4.78, 5) is 4.40.